The van der Waals surface area contributed by atoms with E-state index in [1.54, 1.807) is 0 Å². The number of non-ortho nitro benzene ring substituents is 1. The molecule has 0 bridgehead atoms. The minimum atomic E-state index is -0.469. The smallest absolute Gasteiger partial charge is 0.290 e. The Morgan fingerprint density at radius 1 is 1.12 bits per heavy atom. The van der Waals surface area contributed by atoms with E-state index in [9.17, 15) is 14.9 Å². The molecule has 2 aromatic rings. The highest BCUT2D eigenvalue weighted by atomic mass is 16.6. The molecular formula is C18H22N3O3+. The van der Waals surface area contributed by atoms with Crippen LogP contribution in [0.15, 0.2) is 48.8 Å². The zero-order valence-electron chi connectivity index (χ0n) is 13.9. The Labute approximate surface area is 141 Å². The summed E-state index contributed by atoms with van der Waals surface area (Å²) in [6, 6.07) is 9.89. The van der Waals surface area contributed by atoms with E-state index in [4.69, 9.17) is 0 Å². The summed E-state index contributed by atoms with van der Waals surface area (Å²) >= 11 is 0. The SMILES string of the molecule is CCC(CC)c1cc[n+](CC(=O)Nc2ccc([N+](=O)[O-])cc2)cc1. The second-order valence-electron chi connectivity index (χ2n) is 5.67. The Kier molecular flexibility index (Phi) is 6.01. The molecule has 1 aromatic carbocycles. The van der Waals surface area contributed by atoms with Gasteiger partial charge in [0.2, 0.25) is 6.54 Å². The van der Waals surface area contributed by atoms with Crippen molar-refractivity contribution in [1.82, 2.24) is 0 Å². The van der Waals surface area contributed by atoms with Gasteiger partial charge < -0.3 is 5.32 Å². The topological polar surface area (TPSA) is 76.1 Å². The summed E-state index contributed by atoms with van der Waals surface area (Å²) < 4.78 is 1.81. The molecule has 0 unspecified atom stereocenters. The number of nitro benzene ring substituents is 1. The van der Waals surface area contributed by atoms with Gasteiger partial charge in [-0.05, 0) is 36.5 Å². The van der Waals surface area contributed by atoms with Crippen LogP contribution in [0.5, 0.6) is 0 Å². The van der Waals surface area contributed by atoms with E-state index in [0.29, 0.717) is 11.6 Å². The predicted molar refractivity (Wildman–Crippen MR) is 91.7 cm³/mol. The molecule has 0 radical (unpaired) electrons. The lowest BCUT2D eigenvalue weighted by molar-refractivity contribution is -0.684. The van der Waals surface area contributed by atoms with Crippen LogP contribution in [0, 0.1) is 10.1 Å². The van der Waals surface area contributed by atoms with E-state index in [1.165, 1.54) is 29.8 Å². The van der Waals surface area contributed by atoms with Gasteiger partial charge in [-0.25, -0.2) is 0 Å². The fourth-order valence-electron chi connectivity index (χ4n) is 2.64. The molecule has 1 heterocycles. The second kappa shape index (κ2) is 8.19. The summed E-state index contributed by atoms with van der Waals surface area (Å²) in [6.45, 7) is 4.54. The Balaban J connectivity index is 1.95. The molecule has 24 heavy (non-hydrogen) atoms. The lowest BCUT2D eigenvalue weighted by atomic mass is 9.95. The van der Waals surface area contributed by atoms with Crippen LogP contribution < -0.4 is 9.88 Å². The number of aromatic nitrogens is 1. The fourth-order valence-corrected chi connectivity index (χ4v) is 2.64. The van der Waals surface area contributed by atoms with Crippen molar-refractivity contribution in [2.75, 3.05) is 5.32 Å². The van der Waals surface area contributed by atoms with E-state index in [2.05, 4.69) is 31.3 Å². The standard InChI is InChI=1S/C18H21N3O3/c1-3-14(4-2)15-9-11-20(12-10-15)13-18(22)19-16-5-7-17(8-6-16)21(23)24/h5-12,14H,3-4,13H2,1-2H3/p+1. The maximum atomic E-state index is 12.1. The summed E-state index contributed by atoms with van der Waals surface area (Å²) in [5.74, 6) is 0.373. The van der Waals surface area contributed by atoms with Crippen LogP contribution in [0.25, 0.3) is 0 Å². The van der Waals surface area contributed by atoms with Crippen LogP contribution in [-0.2, 0) is 11.3 Å². The van der Waals surface area contributed by atoms with Crippen LogP contribution in [-0.4, -0.2) is 10.8 Å². The van der Waals surface area contributed by atoms with E-state index in [1.807, 2.05) is 17.0 Å². The number of pyridine rings is 1. The van der Waals surface area contributed by atoms with Crippen molar-refractivity contribution < 1.29 is 14.3 Å². The number of nitro groups is 1. The average Bonchev–Trinajstić information content (AvgIpc) is 2.58. The second-order valence-corrected chi connectivity index (χ2v) is 5.67. The van der Waals surface area contributed by atoms with Crippen molar-refractivity contribution in [2.45, 2.75) is 39.2 Å². The number of amides is 1. The number of anilines is 1. The molecule has 6 nitrogen and oxygen atoms in total. The van der Waals surface area contributed by atoms with Gasteiger partial charge in [-0.3, -0.25) is 14.9 Å². The van der Waals surface area contributed by atoms with Gasteiger partial charge in [0, 0.05) is 30.0 Å². The molecular weight excluding hydrogens is 306 g/mol. The molecule has 1 N–H and O–H groups in total. The molecule has 126 valence electrons. The molecule has 1 amide bonds. The number of nitrogens with zero attached hydrogens (tertiary/aromatic N) is 2. The van der Waals surface area contributed by atoms with Crippen LogP contribution in [0.1, 0.15) is 38.2 Å². The highest BCUT2D eigenvalue weighted by molar-refractivity contribution is 5.89. The number of hydrogen-bond donors (Lipinski definition) is 1. The minimum absolute atomic E-state index is 0.000588. The first-order valence-electron chi connectivity index (χ1n) is 8.06. The number of benzene rings is 1. The van der Waals surface area contributed by atoms with Gasteiger partial charge >= 0.3 is 0 Å². The number of rotatable bonds is 7. The van der Waals surface area contributed by atoms with Gasteiger partial charge in [-0.15, -0.1) is 0 Å². The summed E-state index contributed by atoms with van der Waals surface area (Å²) in [4.78, 5) is 22.2. The molecule has 0 spiro atoms. The van der Waals surface area contributed by atoms with Gasteiger partial charge in [0.15, 0.2) is 12.4 Å². The van der Waals surface area contributed by atoms with E-state index < -0.39 is 4.92 Å². The minimum Gasteiger partial charge on any atom is -0.321 e. The molecule has 1 aromatic heterocycles. The van der Waals surface area contributed by atoms with Gasteiger partial charge in [0.25, 0.3) is 11.6 Å². The maximum absolute atomic E-state index is 12.1. The summed E-state index contributed by atoms with van der Waals surface area (Å²) in [5.41, 5.74) is 1.83. The molecule has 0 aliphatic rings. The van der Waals surface area contributed by atoms with E-state index in [-0.39, 0.29) is 18.1 Å². The molecule has 0 saturated carbocycles. The van der Waals surface area contributed by atoms with Gasteiger partial charge in [0.1, 0.15) is 0 Å². The van der Waals surface area contributed by atoms with Gasteiger partial charge in [-0.2, -0.15) is 4.57 Å². The van der Waals surface area contributed by atoms with Crippen LogP contribution in [0.3, 0.4) is 0 Å². The third kappa shape index (κ3) is 4.62. The first-order valence-corrected chi connectivity index (χ1v) is 8.06. The van der Waals surface area contributed by atoms with E-state index in [0.717, 1.165) is 12.8 Å². The van der Waals surface area contributed by atoms with Gasteiger partial charge in [-0.1, -0.05) is 13.8 Å². The normalized spacial score (nSPS) is 10.6. The highest BCUT2D eigenvalue weighted by Gasteiger charge is 2.13. The van der Waals surface area contributed by atoms with Crippen LogP contribution in [0.4, 0.5) is 11.4 Å². The zero-order chi connectivity index (χ0) is 17.5. The zero-order valence-corrected chi connectivity index (χ0v) is 13.9. The molecule has 0 saturated heterocycles. The number of carbonyl (C=O) groups excluding carboxylic acids is 1. The highest BCUT2D eigenvalue weighted by Crippen LogP contribution is 2.21. The third-order valence-corrected chi connectivity index (χ3v) is 4.06. The van der Waals surface area contributed by atoms with Gasteiger partial charge in [0.05, 0.1) is 4.92 Å². The summed E-state index contributed by atoms with van der Waals surface area (Å²) in [7, 11) is 0. The Morgan fingerprint density at radius 3 is 2.21 bits per heavy atom. The van der Waals surface area contributed by atoms with Crippen molar-refractivity contribution in [3.63, 3.8) is 0 Å². The van der Waals surface area contributed by atoms with Crippen molar-refractivity contribution >= 4 is 17.3 Å². The Hall–Kier alpha value is -2.76. The van der Waals surface area contributed by atoms with Crippen molar-refractivity contribution in [3.8, 4) is 0 Å². The van der Waals surface area contributed by atoms with Crippen LogP contribution >= 0.6 is 0 Å². The number of nitrogens with one attached hydrogen (secondary N) is 1. The maximum Gasteiger partial charge on any atom is 0.290 e. The summed E-state index contributed by atoms with van der Waals surface area (Å²) in [5, 5.41) is 13.3. The Morgan fingerprint density at radius 2 is 1.71 bits per heavy atom. The van der Waals surface area contributed by atoms with E-state index >= 15 is 0 Å². The number of carbonyl (C=O) groups is 1. The molecule has 6 heteroatoms. The van der Waals surface area contributed by atoms with Crippen molar-refractivity contribution in [3.05, 3.63) is 64.5 Å². The largest absolute Gasteiger partial charge is 0.321 e. The third-order valence-electron chi connectivity index (χ3n) is 4.06. The lowest BCUT2D eigenvalue weighted by Gasteiger charge is -2.11. The molecule has 0 aliphatic heterocycles. The van der Waals surface area contributed by atoms with Crippen molar-refractivity contribution in [1.29, 1.82) is 0 Å². The monoisotopic (exact) mass is 328 g/mol. The van der Waals surface area contributed by atoms with Crippen molar-refractivity contribution in [2.24, 2.45) is 0 Å². The molecule has 0 fully saturated rings. The van der Waals surface area contributed by atoms with Crippen LogP contribution in [0.2, 0.25) is 0 Å². The molecule has 2 rings (SSSR count). The average molecular weight is 328 g/mol. The molecule has 0 atom stereocenters. The Bertz CT molecular complexity index is 692. The molecule has 0 aliphatic carbocycles. The lowest BCUT2D eigenvalue weighted by Crippen LogP contribution is -2.39. The quantitative estimate of drug-likeness (QED) is 0.480. The fraction of sp³-hybridized carbons (Fsp3) is 0.333. The first kappa shape index (κ1) is 17.6. The summed E-state index contributed by atoms with van der Waals surface area (Å²) in [6.07, 6.45) is 6.01. The predicted octanol–water partition coefficient (Wildman–Crippen LogP) is 3.42. The number of hydrogen-bond acceptors (Lipinski definition) is 3. The first-order chi connectivity index (χ1) is 11.5.